The lowest BCUT2D eigenvalue weighted by Crippen LogP contribution is -1.99. The maximum absolute atomic E-state index is 13.1. The van der Waals surface area contributed by atoms with Crippen LogP contribution in [0.5, 0.6) is 11.5 Å². The number of ether oxygens (including phenoxy) is 2. The zero-order chi connectivity index (χ0) is 14.1. The molecule has 1 heterocycles. The fourth-order valence-corrected chi connectivity index (χ4v) is 2.72. The average Bonchev–Trinajstić information content (AvgIpc) is 2.89. The van der Waals surface area contributed by atoms with Crippen molar-refractivity contribution < 1.29 is 13.9 Å². The normalized spacial score (nSPS) is 12.6. The molecule has 3 rings (SSSR count). The van der Waals surface area contributed by atoms with Crippen molar-refractivity contribution in [2.24, 2.45) is 0 Å². The molecule has 0 saturated heterocycles. The molecule has 0 radical (unpaired) electrons. The third-order valence-electron chi connectivity index (χ3n) is 2.90. The molecule has 0 saturated carbocycles. The molecular weight excluding hydrogens is 349 g/mol. The summed E-state index contributed by atoms with van der Waals surface area (Å²) >= 11 is 9.18. The SMILES string of the molecule is Fc1ccc(NCc2cc(Br)c3c(c2)OCO3)cc1Cl. The van der Waals surface area contributed by atoms with Crippen LogP contribution < -0.4 is 14.8 Å². The number of rotatable bonds is 3. The van der Waals surface area contributed by atoms with Gasteiger partial charge in [0.15, 0.2) is 11.5 Å². The van der Waals surface area contributed by atoms with Crippen LogP contribution in [0.3, 0.4) is 0 Å². The molecule has 6 heteroatoms. The summed E-state index contributed by atoms with van der Waals surface area (Å²) in [6, 6.07) is 8.39. The summed E-state index contributed by atoms with van der Waals surface area (Å²) in [6.45, 7) is 0.801. The second kappa shape index (κ2) is 5.50. The summed E-state index contributed by atoms with van der Waals surface area (Å²) in [5.41, 5.74) is 1.77. The summed E-state index contributed by atoms with van der Waals surface area (Å²) in [5, 5.41) is 3.28. The van der Waals surface area contributed by atoms with Crippen LogP contribution >= 0.6 is 27.5 Å². The van der Waals surface area contributed by atoms with E-state index in [9.17, 15) is 4.39 Å². The Kier molecular flexibility index (Phi) is 3.72. The smallest absolute Gasteiger partial charge is 0.231 e. The van der Waals surface area contributed by atoms with Crippen LogP contribution in [-0.4, -0.2) is 6.79 Å². The monoisotopic (exact) mass is 357 g/mol. The molecule has 2 aromatic carbocycles. The highest BCUT2D eigenvalue weighted by Gasteiger charge is 2.17. The van der Waals surface area contributed by atoms with Crippen molar-refractivity contribution in [2.45, 2.75) is 6.54 Å². The Bertz CT molecular complexity index is 666. The van der Waals surface area contributed by atoms with Gasteiger partial charge in [-0.25, -0.2) is 4.39 Å². The number of halogens is 3. The summed E-state index contributed by atoms with van der Waals surface area (Å²) in [5.74, 6) is 1.01. The molecule has 0 amide bonds. The van der Waals surface area contributed by atoms with Gasteiger partial charge in [0.1, 0.15) is 5.82 Å². The largest absolute Gasteiger partial charge is 0.454 e. The fraction of sp³-hybridized carbons (Fsp3) is 0.143. The molecule has 1 N–H and O–H groups in total. The predicted octanol–water partition coefficient (Wildman–Crippen LogP) is 4.58. The number of hydrogen-bond donors (Lipinski definition) is 1. The molecule has 104 valence electrons. The van der Waals surface area contributed by atoms with Crippen molar-refractivity contribution in [3.63, 3.8) is 0 Å². The molecule has 0 bridgehead atoms. The Morgan fingerprint density at radius 2 is 2.10 bits per heavy atom. The lowest BCUT2D eigenvalue weighted by atomic mass is 10.2. The van der Waals surface area contributed by atoms with Gasteiger partial charge < -0.3 is 14.8 Å². The second-order valence-corrected chi connectivity index (χ2v) is 5.56. The third kappa shape index (κ3) is 2.69. The van der Waals surface area contributed by atoms with Crippen molar-refractivity contribution in [3.8, 4) is 11.5 Å². The third-order valence-corrected chi connectivity index (χ3v) is 3.78. The van der Waals surface area contributed by atoms with Crippen LogP contribution in [0.4, 0.5) is 10.1 Å². The van der Waals surface area contributed by atoms with Crippen molar-refractivity contribution in [1.29, 1.82) is 0 Å². The molecular formula is C14H10BrClFNO2. The van der Waals surface area contributed by atoms with Crippen LogP contribution in [0, 0.1) is 5.82 Å². The van der Waals surface area contributed by atoms with E-state index >= 15 is 0 Å². The van der Waals surface area contributed by atoms with Gasteiger partial charge in [-0.15, -0.1) is 0 Å². The number of benzene rings is 2. The minimum Gasteiger partial charge on any atom is -0.454 e. The molecule has 1 aliphatic heterocycles. The first-order valence-electron chi connectivity index (χ1n) is 5.90. The molecule has 0 unspecified atom stereocenters. The molecule has 0 fully saturated rings. The van der Waals surface area contributed by atoms with Crippen LogP contribution in [0.2, 0.25) is 5.02 Å². The number of anilines is 1. The lowest BCUT2D eigenvalue weighted by molar-refractivity contribution is 0.173. The van der Waals surface area contributed by atoms with E-state index in [4.69, 9.17) is 21.1 Å². The number of nitrogens with one attached hydrogen (secondary N) is 1. The highest BCUT2D eigenvalue weighted by Crippen LogP contribution is 2.40. The average molecular weight is 359 g/mol. The van der Waals surface area contributed by atoms with E-state index in [1.807, 2.05) is 12.1 Å². The van der Waals surface area contributed by atoms with Crippen molar-refractivity contribution in [2.75, 3.05) is 12.1 Å². The maximum atomic E-state index is 13.1. The molecule has 1 aliphatic rings. The first kappa shape index (κ1) is 13.5. The summed E-state index contributed by atoms with van der Waals surface area (Å²) in [6.07, 6.45) is 0. The highest BCUT2D eigenvalue weighted by molar-refractivity contribution is 9.10. The number of fused-ring (bicyclic) bond motifs is 1. The fourth-order valence-electron chi connectivity index (χ4n) is 1.93. The molecule has 0 aliphatic carbocycles. The first-order valence-corrected chi connectivity index (χ1v) is 7.07. The Labute approximate surface area is 128 Å². The zero-order valence-corrected chi connectivity index (χ0v) is 12.6. The Morgan fingerprint density at radius 1 is 1.25 bits per heavy atom. The van der Waals surface area contributed by atoms with Crippen molar-refractivity contribution >= 4 is 33.2 Å². The lowest BCUT2D eigenvalue weighted by Gasteiger charge is -2.09. The van der Waals surface area contributed by atoms with Gasteiger partial charge in [0.05, 0.1) is 9.50 Å². The standard InChI is InChI=1S/C14H10BrClFNO2/c15-10-3-8(4-13-14(10)20-7-19-13)6-18-9-1-2-12(17)11(16)5-9/h1-5,18H,6-7H2. The second-order valence-electron chi connectivity index (χ2n) is 4.29. The number of hydrogen-bond acceptors (Lipinski definition) is 3. The molecule has 0 spiro atoms. The van der Waals surface area contributed by atoms with E-state index in [0.717, 1.165) is 21.5 Å². The van der Waals surface area contributed by atoms with E-state index in [0.29, 0.717) is 12.3 Å². The molecule has 0 aromatic heterocycles. The Hall–Kier alpha value is -1.46. The first-order chi connectivity index (χ1) is 9.63. The van der Waals surface area contributed by atoms with E-state index in [1.54, 1.807) is 12.1 Å². The van der Waals surface area contributed by atoms with Crippen LogP contribution in [0.1, 0.15) is 5.56 Å². The molecule has 20 heavy (non-hydrogen) atoms. The minimum atomic E-state index is -0.428. The van der Waals surface area contributed by atoms with Gasteiger partial charge >= 0.3 is 0 Å². The van der Waals surface area contributed by atoms with E-state index in [1.165, 1.54) is 6.07 Å². The van der Waals surface area contributed by atoms with Gasteiger partial charge in [-0.1, -0.05) is 11.6 Å². The van der Waals surface area contributed by atoms with Gasteiger partial charge in [0, 0.05) is 12.2 Å². The van der Waals surface area contributed by atoms with Gasteiger partial charge in [-0.2, -0.15) is 0 Å². The minimum absolute atomic E-state index is 0.0990. The van der Waals surface area contributed by atoms with E-state index in [-0.39, 0.29) is 11.8 Å². The highest BCUT2D eigenvalue weighted by atomic mass is 79.9. The Balaban J connectivity index is 1.75. The van der Waals surface area contributed by atoms with Gasteiger partial charge in [-0.05, 0) is 51.8 Å². The van der Waals surface area contributed by atoms with Gasteiger partial charge in [0.2, 0.25) is 6.79 Å². The van der Waals surface area contributed by atoms with E-state index in [2.05, 4.69) is 21.2 Å². The predicted molar refractivity (Wildman–Crippen MR) is 79.0 cm³/mol. The summed E-state index contributed by atoms with van der Waals surface area (Å²) in [4.78, 5) is 0. The Morgan fingerprint density at radius 3 is 2.90 bits per heavy atom. The van der Waals surface area contributed by atoms with Gasteiger partial charge in [-0.3, -0.25) is 0 Å². The molecule has 0 atom stereocenters. The summed E-state index contributed by atoms with van der Waals surface area (Å²) in [7, 11) is 0. The topological polar surface area (TPSA) is 30.5 Å². The van der Waals surface area contributed by atoms with Crippen LogP contribution in [0.15, 0.2) is 34.8 Å². The van der Waals surface area contributed by atoms with Crippen molar-refractivity contribution in [1.82, 2.24) is 0 Å². The van der Waals surface area contributed by atoms with Gasteiger partial charge in [0.25, 0.3) is 0 Å². The molecule has 2 aromatic rings. The van der Waals surface area contributed by atoms with Crippen molar-refractivity contribution in [3.05, 3.63) is 51.2 Å². The zero-order valence-electron chi connectivity index (χ0n) is 10.3. The summed E-state index contributed by atoms with van der Waals surface area (Å²) < 4.78 is 24.6. The van der Waals surface area contributed by atoms with Crippen LogP contribution in [-0.2, 0) is 6.54 Å². The quantitative estimate of drug-likeness (QED) is 0.871. The van der Waals surface area contributed by atoms with E-state index < -0.39 is 5.82 Å². The maximum Gasteiger partial charge on any atom is 0.231 e. The molecule has 3 nitrogen and oxygen atoms in total. The van der Waals surface area contributed by atoms with Crippen LogP contribution in [0.25, 0.3) is 0 Å².